The van der Waals surface area contributed by atoms with Crippen LogP contribution in [0.3, 0.4) is 0 Å². The number of nitrogens with one attached hydrogen (secondary N) is 1. The Labute approximate surface area is 115 Å². The molecule has 2 aromatic rings. The highest BCUT2D eigenvalue weighted by molar-refractivity contribution is 6.30. The van der Waals surface area contributed by atoms with Crippen molar-refractivity contribution in [3.8, 4) is 0 Å². The van der Waals surface area contributed by atoms with E-state index in [1.54, 1.807) is 30.3 Å². The first-order chi connectivity index (χ1) is 9.06. The predicted octanol–water partition coefficient (Wildman–Crippen LogP) is 3.19. The van der Waals surface area contributed by atoms with E-state index >= 15 is 0 Å². The second kappa shape index (κ2) is 5.71. The molecule has 2 aromatic carbocycles. The summed E-state index contributed by atoms with van der Waals surface area (Å²) in [7, 11) is 0. The minimum atomic E-state index is -0.502. The van der Waals surface area contributed by atoms with Gasteiger partial charge in [-0.15, -0.1) is 0 Å². The number of nitrogens with two attached hydrogens (primary N) is 1. The number of anilines is 1. The summed E-state index contributed by atoms with van der Waals surface area (Å²) in [5.74, 6) is -0.833. The third kappa shape index (κ3) is 3.45. The fourth-order valence-electron chi connectivity index (χ4n) is 1.66. The highest BCUT2D eigenvalue weighted by Crippen LogP contribution is 2.17. The van der Waals surface area contributed by atoms with Gasteiger partial charge in [0.1, 0.15) is 5.82 Å². The average Bonchev–Trinajstić information content (AvgIpc) is 2.40. The van der Waals surface area contributed by atoms with Crippen LogP contribution in [0.15, 0.2) is 42.5 Å². The van der Waals surface area contributed by atoms with Crippen LogP contribution in [-0.4, -0.2) is 5.91 Å². The zero-order valence-electron chi connectivity index (χ0n) is 9.99. The number of hydrogen-bond donors (Lipinski definition) is 2. The fourth-order valence-corrected chi connectivity index (χ4v) is 1.85. The van der Waals surface area contributed by atoms with Crippen molar-refractivity contribution in [3.63, 3.8) is 0 Å². The summed E-state index contributed by atoms with van der Waals surface area (Å²) in [6.07, 6.45) is 0. The zero-order chi connectivity index (χ0) is 13.8. The largest absolute Gasteiger partial charge is 0.381 e. The molecule has 0 radical (unpaired) electrons. The molecule has 98 valence electrons. The van der Waals surface area contributed by atoms with Crippen LogP contribution in [0.25, 0.3) is 0 Å². The van der Waals surface area contributed by atoms with Gasteiger partial charge in [0.25, 0.3) is 0 Å². The van der Waals surface area contributed by atoms with Crippen molar-refractivity contribution in [1.82, 2.24) is 0 Å². The number of halogens is 2. The smallest absolute Gasteiger partial charge is 0.248 e. The Morgan fingerprint density at radius 2 is 2.05 bits per heavy atom. The van der Waals surface area contributed by atoms with Crippen LogP contribution in [0.5, 0.6) is 0 Å². The normalized spacial score (nSPS) is 10.2. The van der Waals surface area contributed by atoms with Gasteiger partial charge in [0.15, 0.2) is 0 Å². The van der Waals surface area contributed by atoms with Crippen molar-refractivity contribution >= 4 is 23.2 Å². The fraction of sp³-hybridized carbons (Fsp3) is 0.0714. The van der Waals surface area contributed by atoms with Crippen LogP contribution < -0.4 is 11.1 Å². The van der Waals surface area contributed by atoms with Gasteiger partial charge in [-0.1, -0.05) is 17.7 Å². The maximum Gasteiger partial charge on any atom is 0.248 e. The summed E-state index contributed by atoms with van der Waals surface area (Å²) >= 11 is 5.81. The Hall–Kier alpha value is -2.07. The van der Waals surface area contributed by atoms with Crippen molar-refractivity contribution in [2.75, 3.05) is 5.32 Å². The Bertz CT molecular complexity index is 616. The van der Waals surface area contributed by atoms with E-state index in [1.807, 2.05) is 0 Å². The van der Waals surface area contributed by atoms with Gasteiger partial charge in [0.05, 0.1) is 0 Å². The molecule has 2 rings (SSSR count). The first-order valence-corrected chi connectivity index (χ1v) is 6.02. The standard InChI is InChI=1S/C14H12ClFN2O/c15-11-4-5-13(16)10(6-11)8-18-12-3-1-2-9(7-12)14(17)19/h1-7,18H,8H2,(H2,17,19). The molecular formula is C14H12ClFN2O. The number of carbonyl (C=O) groups is 1. The summed E-state index contributed by atoms with van der Waals surface area (Å²) in [5.41, 5.74) is 6.74. The molecule has 0 aliphatic carbocycles. The molecule has 0 spiro atoms. The van der Waals surface area contributed by atoms with E-state index in [4.69, 9.17) is 17.3 Å². The maximum atomic E-state index is 13.5. The van der Waals surface area contributed by atoms with Crippen LogP contribution in [0.2, 0.25) is 5.02 Å². The van der Waals surface area contributed by atoms with Gasteiger partial charge in [0, 0.05) is 28.4 Å². The molecule has 3 N–H and O–H groups in total. The highest BCUT2D eigenvalue weighted by Gasteiger charge is 2.04. The quantitative estimate of drug-likeness (QED) is 0.902. The van der Waals surface area contributed by atoms with Gasteiger partial charge in [-0.2, -0.15) is 0 Å². The van der Waals surface area contributed by atoms with Crippen molar-refractivity contribution < 1.29 is 9.18 Å². The first kappa shape index (κ1) is 13.4. The average molecular weight is 279 g/mol. The van der Waals surface area contributed by atoms with Crippen molar-refractivity contribution in [1.29, 1.82) is 0 Å². The lowest BCUT2D eigenvalue weighted by molar-refractivity contribution is 0.100. The van der Waals surface area contributed by atoms with E-state index in [1.165, 1.54) is 12.1 Å². The summed E-state index contributed by atoms with van der Waals surface area (Å²) < 4.78 is 13.5. The lowest BCUT2D eigenvalue weighted by atomic mass is 10.1. The van der Waals surface area contributed by atoms with E-state index in [0.29, 0.717) is 21.8 Å². The van der Waals surface area contributed by atoms with Gasteiger partial charge in [0.2, 0.25) is 5.91 Å². The van der Waals surface area contributed by atoms with Crippen molar-refractivity contribution in [3.05, 3.63) is 64.4 Å². The topological polar surface area (TPSA) is 55.1 Å². The van der Waals surface area contributed by atoms with Gasteiger partial charge in [-0.25, -0.2) is 4.39 Å². The molecule has 19 heavy (non-hydrogen) atoms. The third-order valence-electron chi connectivity index (χ3n) is 2.64. The van der Waals surface area contributed by atoms with Crippen LogP contribution in [-0.2, 0) is 6.54 Å². The number of primary amides is 1. The SMILES string of the molecule is NC(=O)c1cccc(NCc2cc(Cl)ccc2F)c1. The summed E-state index contributed by atoms with van der Waals surface area (Å²) in [6, 6.07) is 11.1. The van der Waals surface area contributed by atoms with Crippen LogP contribution in [0, 0.1) is 5.82 Å². The third-order valence-corrected chi connectivity index (χ3v) is 2.87. The number of benzene rings is 2. The second-order valence-electron chi connectivity index (χ2n) is 4.03. The van der Waals surface area contributed by atoms with E-state index in [-0.39, 0.29) is 12.4 Å². The summed E-state index contributed by atoms with van der Waals surface area (Å²) in [4.78, 5) is 11.0. The predicted molar refractivity (Wildman–Crippen MR) is 73.7 cm³/mol. The zero-order valence-corrected chi connectivity index (χ0v) is 10.7. The highest BCUT2D eigenvalue weighted by atomic mass is 35.5. The molecule has 0 unspecified atom stereocenters. The lowest BCUT2D eigenvalue weighted by Crippen LogP contribution is -2.11. The molecular weight excluding hydrogens is 267 g/mol. The van der Waals surface area contributed by atoms with Crippen LogP contribution in [0.1, 0.15) is 15.9 Å². The Kier molecular flexibility index (Phi) is 4.02. The molecule has 3 nitrogen and oxygen atoms in total. The minimum Gasteiger partial charge on any atom is -0.381 e. The summed E-state index contributed by atoms with van der Waals surface area (Å²) in [5, 5.41) is 3.49. The molecule has 0 bridgehead atoms. The molecule has 5 heteroatoms. The molecule has 0 aliphatic heterocycles. The maximum absolute atomic E-state index is 13.5. The van der Waals surface area contributed by atoms with Gasteiger partial charge in [-0.3, -0.25) is 4.79 Å². The Balaban J connectivity index is 2.12. The molecule has 0 atom stereocenters. The molecule has 0 fully saturated rings. The number of rotatable bonds is 4. The van der Waals surface area contributed by atoms with Crippen molar-refractivity contribution in [2.45, 2.75) is 6.54 Å². The van der Waals surface area contributed by atoms with Crippen LogP contribution >= 0.6 is 11.6 Å². The molecule has 1 amide bonds. The van der Waals surface area contributed by atoms with Crippen molar-refractivity contribution in [2.24, 2.45) is 5.73 Å². The molecule has 0 saturated heterocycles. The number of amides is 1. The molecule has 0 aromatic heterocycles. The van der Waals surface area contributed by atoms with E-state index in [2.05, 4.69) is 5.32 Å². The molecule has 0 saturated carbocycles. The Morgan fingerprint density at radius 3 is 2.79 bits per heavy atom. The monoisotopic (exact) mass is 278 g/mol. The van der Waals surface area contributed by atoms with E-state index < -0.39 is 5.91 Å². The van der Waals surface area contributed by atoms with Crippen LogP contribution in [0.4, 0.5) is 10.1 Å². The van der Waals surface area contributed by atoms with Gasteiger partial charge >= 0.3 is 0 Å². The first-order valence-electron chi connectivity index (χ1n) is 5.64. The number of carbonyl (C=O) groups excluding carboxylic acids is 1. The number of hydrogen-bond acceptors (Lipinski definition) is 2. The van der Waals surface area contributed by atoms with E-state index in [9.17, 15) is 9.18 Å². The molecule has 0 heterocycles. The van der Waals surface area contributed by atoms with E-state index in [0.717, 1.165) is 0 Å². The Morgan fingerprint density at radius 1 is 1.26 bits per heavy atom. The second-order valence-corrected chi connectivity index (χ2v) is 4.47. The van der Waals surface area contributed by atoms with Gasteiger partial charge in [-0.05, 0) is 36.4 Å². The van der Waals surface area contributed by atoms with Gasteiger partial charge < -0.3 is 11.1 Å². The minimum absolute atomic E-state index is 0.272. The lowest BCUT2D eigenvalue weighted by Gasteiger charge is -2.08. The molecule has 0 aliphatic rings. The summed E-state index contributed by atoms with van der Waals surface area (Å²) in [6.45, 7) is 0.272.